The number of carbonyl (C=O) groups is 1. The molecule has 0 aromatic carbocycles. The fourth-order valence-electron chi connectivity index (χ4n) is 1.27. The Morgan fingerprint density at radius 2 is 1.89 bits per heavy atom. The second-order valence-corrected chi connectivity index (χ2v) is 5.74. The van der Waals surface area contributed by atoms with Gasteiger partial charge in [0.2, 0.25) is 5.91 Å². The zero-order chi connectivity index (χ0) is 14.3. The third kappa shape index (κ3) is 9.41. The summed E-state index contributed by atoms with van der Waals surface area (Å²) < 4.78 is 46.5. The van der Waals surface area contributed by atoms with Crippen LogP contribution in [0.3, 0.4) is 0 Å². The van der Waals surface area contributed by atoms with Crippen molar-refractivity contribution in [1.29, 1.82) is 0 Å². The molecule has 3 unspecified atom stereocenters. The van der Waals surface area contributed by atoms with Gasteiger partial charge in [-0.3, -0.25) is 9.00 Å². The van der Waals surface area contributed by atoms with Crippen LogP contribution in [-0.4, -0.2) is 46.9 Å². The van der Waals surface area contributed by atoms with Gasteiger partial charge in [-0.1, -0.05) is 0 Å². The van der Waals surface area contributed by atoms with Crippen LogP contribution in [0.1, 0.15) is 20.3 Å². The summed E-state index contributed by atoms with van der Waals surface area (Å²) in [4.78, 5) is 11.3. The van der Waals surface area contributed by atoms with Gasteiger partial charge in [-0.15, -0.1) is 0 Å². The van der Waals surface area contributed by atoms with Gasteiger partial charge in [0.15, 0.2) is 0 Å². The van der Waals surface area contributed by atoms with E-state index in [1.165, 1.54) is 6.92 Å². The van der Waals surface area contributed by atoms with Crippen molar-refractivity contribution in [3.05, 3.63) is 0 Å². The number of amides is 1. The molecule has 108 valence electrons. The smallest absolute Gasteiger partial charge is 0.346 e. The fourth-order valence-corrected chi connectivity index (χ4v) is 1.95. The van der Waals surface area contributed by atoms with Crippen LogP contribution in [0.5, 0.6) is 0 Å². The minimum atomic E-state index is -4.40. The maximum absolute atomic E-state index is 11.9. The van der Waals surface area contributed by atoms with Gasteiger partial charge in [-0.2, -0.15) is 13.2 Å². The molecule has 18 heavy (non-hydrogen) atoms. The number of hydrogen-bond donors (Lipinski definition) is 2. The van der Waals surface area contributed by atoms with Crippen LogP contribution in [0.4, 0.5) is 13.2 Å². The van der Waals surface area contributed by atoms with Crippen LogP contribution in [0, 0.1) is 0 Å². The van der Waals surface area contributed by atoms with Crippen molar-refractivity contribution in [3.63, 3.8) is 0 Å². The van der Waals surface area contributed by atoms with E-state index in [9.17, 15) is 22.2 Å². The molecule has 2 N–H and O–H groups in total. The molecular formula is C10H19F3N2O2S. The lowest BCUT2D eigenvalue weighted by Crippen LogP contribution is -2.48. The minimum Gasteiger partial charge on any atom is -0.346 e. The summed E-state index contributed by atoms with van der Waals surface area (Å²) in [6.07, 6.45) is -2.23. The predicted octanol–water partition coefficient (Wildman–Crippen LogP) is 0.800. The van der Waals surface area contributed by atoms with Gasteiger partial charge in [0, 0.05) is 28.9 Å². The van der Waals surface area contributed by atoms with Gasteiger partial charge >= 0.3 is 6.18 Å². The van der Waals surface area contributed by atoms with Crippen LogP contribution in [0.15, 0.2) is 0 Å². The first-order chi connectivity index (χ1) is 8.11. The van der Waals surface area contributed by atoms with Gasteiger partial charge in [0.25, 0.3) is 0 Å². The molecule has 0 spiro atoms. The van der Waals surface area contributed by atoms with Gasteiger partial charge in [0.05, 0.1) is 6.04 Å². The van der Waals surface area contributed by atoms with Crippen molar-refractivity contribution in [1.82, 2.24) is 10.6 Å². The second-order valence-electron chi connectivity index (χ2n) is 4.19. The molecular weight excluding hydrogens is 269 g/mol. The Labute approximate surface area is 107 Å². The maximum atomic E-state index is 11.9. The fraction of sp³-hybridized carbons (Fsp3) is 0.900. The molecule has 8 heteroatoms. The molecule has 0 heterocycles. The largest absolute Gasteiger partial charge is 0.405 e. The van der Waals surface area contributed by atoms with Crippen LogP contribution in [0.25, 0.3) is 0 Å². The molecule has 0 saturated heterocycles. The van der Waals surface area contributed by atoms with Crippen molar-refractivity contribution in [2.75, 3.05) is 18.6 Å². The third-order valence-corrected chi connectivity index (χ3v) is 3.04. The Hall–Kier alpha value is -0.630. The van der Waals surface area contributed by atoms with Crippen LogP contribution >= 0.6 is 0 Å². The van der Waals surface area contributed by atoms with Gasteiger partial charge in [0.1, 0.15) is 6.54 Å². The molecule has 0 rings (SSSR count). The summed E-state index contributed by atoms with van der Waals surface area (Å²) >= 11 is 0. The summed E-state index contributed by atoms with van der Waals surface area (Å²) in [7, 11) is -0.916. The van der Waals surface area contributed by atoms with E-state index >= 15 is 0 Å². The summed E-state index contributed by atoms with van der Waals surface area (Å²) in [6.45, 7) is 1.96. The first-order valence-electron chi connectivity index (χ1n) is 5.52. The van der Waals surface area contributed by atoms with Crippen LogP contribution in [0.2, 0.25) is 0 Å². The molecule has 0 aromatic heterocycles. The Balaban J connectivity index is 3.96. The first-order valence-corrected chi connectivity index (χ1v) is 7.25. The van der Waals surface area contributed by atoms with E-state index in [0.29, 0.717) is 12.2 Å². The van der Waals surface area contributed by atoms with Gasteiger partial charge in [-0.05, 0) is 20.3 Å². The van der Waals surface area contributed by atoms with E-state index in [2.05, 4.69) is 5.32 Å². The predicted molar refractivity (Wildman–Crippen MR) is 64.7 cm³/mol. The van der Waals surface area contributed by atoms with Gasteiger partial charge in [-0.25, -0.2) is 0 Å². The maximum Gasteiger partial charge on any atom is 0.405 e. The van der Waals surface area contributed by atoms with Crippen molar-refractivity contribution in [2.45, 2.75) is 38.5 Å². The summed E-state index contributed by atoms with van der Waals surface area (Å²) in [5.41, 5.74) is 0. The number of halogens is 3. The van der Waals surface area contributed by atoms with Gasteiger partial charge < -0.3 is 10.6 Å². The average Bonchev–Trinajstić information content (AvgIpc) is 2.21. The zero-order valence-corrected chi connectivity index (χ0v) is 11.5. The Morgan fingerprint density at radius 1 is 1.33 bits per heavy atom. The molecule has 1 amide bonds. The van der Waals surface area contributed by atoms with Crippen LogP contribution < -0.4 is 10.6 Å². The molecule has 0 saturated carbocycles. The third-order valence-electron chi connectivity index (χ3n) is 2.23. The van der Waals surface area contributed by atoms with Crippen LogP contribution in [-0.2, 0) is 15.6 Å². The highest BCUT2D eigenvalue weighted by Crippen LogP contribution is 2.12. The average molecular weight is 288 g/mol. The summed E-state index contributed by atoms with van der Waals surface area (Å²) in [5.74, 6) is -0.206. The van der Waals surface area contributed by atoms with E-state index in [4.69, 9.17) is 0 Å². The molecule has 4 nitrogen and oxygen atoms in total. The van der Waals surface area contributed by atoms with E-state index < -0.39 is 35.5 Å². The molecule has 0 aliphatic rings. The highest BCUT2D eigenvalue weighted by atomic mass is 32.2. The van der Waals surface area contributed by atoms with E-state index in [1.54, 1.807) is 18.5 Å². The topological polar surface area (TPSA) is 58.2 Å². The number of hydrogen-bond acceptors (Lipinski definition) is 3. The molecule has 0 radical (unpaired) electrons. The molecule has 0 bridgehead atoms. The Kier molecular flexibility index (Phi) is 7.46. The summed E-state index contributed by atoms with van der Waals surface area (Å²) in [6, 6.07) is -0.798. The van der Waals surface area contributed by atoms with Crippen molar-refractivity contribution >= 4 is 16.7 Å². The second kappa shape index (κ2) is 7.73. The molecule has 0 aliphatic carbocycles. The first kappa shape index (κ1) is 17.4. The molecule has 0 aliphatic heterocycles. The molecule has 3 atom stereocenters. The standard InChI is InChI=1S/C10H19F3N2O2S/c1-7(4-5-18(3)17)15-8(2)9(16)14-6-10(11,12)13/h7-8,15H,4-6H2,1-3H3,(H,14,16). The minimum absolute atomic E-state index is 0.0828. The number of nitrogens with one attached hydrogen (secondary N) is 2. The molecule has 0 aromatic rings. The zero-order valence-electron chi connectivity index (χ0n) is 10.6. The van der Waals surface area contributed by atoms with Crippen molar-refractivity contribution in [2.24, 2.45) is 0 Å². The van der Waals surface area contributed by atoms with E-state index in [1.807, 2.05) is 0 Å². The van der Waals surface area contributed by atoms with Crippen molar-refractivity contribution in [3.8, 4) is 0 Å². The number of carbonyl (C=O) groups excluding carboxylic acids is 1. The van der Waals surface area contributed by atoms with Crippen molar-refractivity contribution < 1.29 is 22.2 Å². The lowest BCUT2D eigenvalue weighted by molar-refractivity contribution is -0.139. The quantitative estimate of drug-likeness (QED) is 0.728. The highest BCUT2D eigenvalue weighted by molar-refractivity contribution is 7.84. The SMILES string of the molecule is CC(CCS(C)=O)NC(C)C(=O)NCC(F)(F)F. The number of alkyl halides is 3. The summed E-state index contributed by atoms with van der Waals surface area (Å²) in [5, 5.41) is 4.66. The Bertz CT molecular complexity index is 297. The molecule has 0 fully saturated rings. The van der Waals surface area contributed by atoms with E-state index in [-0.39, 0.29) is 6.04 Å². The lowest BCUT2D eigenvalue weighted by Gasteiger charge is -2.19. The lowest BCUT2D eigenvalue weighted by atomic mass is 10.2. The normalized spacial score (nSPS) is 17.0. The highest BCUT2D eigenvalue weighted by Gasteiger charge is 2.28. The number of rotatable bonds is 7. The monoisotopic (exact) mass is 288 g/mol. The Morgan fingerprint density at radius 3 is 2.33 bits per heavy atom. The van der Waals surface area contributed by atoms with E-state index in [0.717, 1.165) is 0 Å².